The maximum Gasteiger partial charge on any atom is 0.417 e. The first-order valence-electron chi connectivity index (χ1n) is 11.4. The Hall–Kier alpha value is -3.68. The molecular weight excluding hydrogens is 573 g/mol. The number of nitrogens with zero attached hydrogens (tertiary/aromatic N) is 1. The predicted octanol–water partition coefficient (Wildman–Crippen LogP) is 5.76. The smallest absolute Gasteiger partial charge is 0.393 e. The summed E-state index contributed by atoms with van der Waals surface area (Å²) in [5.74, 6) is -8.81. The number of hydrogen-bond donors (Lipinski definition) is 3. The molecule has 0 unspecified atom stereocenters. The second-order valence-corrected chi connectivity index (χ2v) is 9.36. The highest BCUT2D eigenvalue weighted by atomic mass is 35.5. The molecule has 4 rings (SSSR count). The van der Waals surface area contributed by atoms with Gasteiger partial charge in [-0.25, -0.2) is 17.6 Å². The third kappa shape index (κ3) is 5.23. The Bertz CT molecular complexity index is 1500. The molecule has 212 valence electrons. The van der Waals surface area contributed by atoms with Crippen molar-refractivity contribution in [2.75, 3.05) is 23.4 Å². The molecule has 1 heterocycles. The van der Waals surface area contributed by atoms with Gasteiger partial charge in [-0.15, -0.1) is 0 Å². The van der Waals surface area contributed by atoms with Crippen molar-refractivity contribution >= 4 is 34.8 Å². The molecule has 3 N–H and O–H groups in total. The number of nitrogens with one attached hydrogen (secondary N) is 1. The lowest BCUT2D eigenvalue weighted by molar-refractivity contribution is -0.205. The van der Waals surface area contributed by atoms with E-state index >= 15 is 0 Å². The number of carbonyl (C=O) groups excluding carboxylic acids is 2. The summed E-state index contributed by atoms with van der Waals surface area (Å²) in [5.41, 5.74) is -7.44. The minimum atomic E-state index is -5.09. The largest absolute Gasteiger partial charge is 0.417 e. The Kier molecular flexibility index (Phi) is 7.60. The summed E-state index contributed by atoms with van der Waals surface area (Å²) in [6.45, 7) is -2.06. The topological polar surface area (TPSA) is 89.9 Å². The lowest BCUT2D eigenvalue weighted by Crippen LogP contribution is -2.48. The van der Waals surface area contributed by atoms with Gasteiger partial charge in [-0.05, 0) is 54.6 Å². The Morgan fingerprint density at radius 1 is 1.02 bits per heavy atom. The quantitative estimate of drug-likeness (QED) is 0.338. The summed E-state index contributed by atoms with van der Waals surface area (Å²) in [6, 6.07) is 7.20. The van der Waals surface area contributed by atoms with E-state index < -0.39 is 88.7 Å². The number of amides is 2. The van der Waals surface area contributed by atoms with E-state index in [-0.39, 0.29) is 16.8 Å². The first-order valence-corrected chi connectivity index (χ1v) is 11.8. The number of fused-ring (bicyclic) bond motifs is 1. The summed E-state index contributed by atoms with van der Waals surface area (Å²) >= 11 is 5.91. The van der Waals surface area contributed by atoms with Gasteiger partial charge in [0.2, 0.25) is 0 Å². The van der Waals surface area contributed by atoms with Crippen molar-refractivity contribution in [2.45, 2.75) is 24.1 Å². The van der Waals surface area contributed by atoms with Gasteiger partial charge in [-0.1, -0.05) is 11.6 Å². The van der Waals surface area contributed by atoms with Crippen molar-refractivity contribution in [2.24, 2.45) is 0 Å². The highest BCUT2D eigenvalue weighted by Gasteiger charge is 2.56. The molecular formula is C26H18ClF7N2O4. The molecule has 0 spiro atoms. The van der Waals surface area contributed by atoms with Crippen molar-refractivity contribution in [1.82, 2.24) is 0 Å². The molecule has 40 heavy (non-hydrogen) atoms. The van der Waals surface area contributed by atoms with Crippen LogP contribution in [0.4, 0.5) is 42.1 Å². The van der Waals surface area contributed by atoms with Gasteiger partial charge >= 0.3 is 6.18 Å². The number of carbonyl (C=O) groups is 2. The van der Waals surface area contributed by atoms with Crippen LogP contribution in [0.25, 0.3) is 0 Å². The van der Waals surface area contributed by atoms with Gasteiger partial charge < -0.3 is 20.4 Å². The van der Waals surface area contributed by atoms with Crippen LogP contribution in [0.15, 0.2) is 54.6 Å². The monoisotopic (exact) mass is 590 g/mol. The van der Waals surface area contributed by atoms with Crippen LogP contribution in [-0.4, -0.2) is 41.1 Å². The third-order valence-corrected chi connectivity index (χ3v) is 6.65. The van der Waals surface area contributed by atoms with Crippen LogP contribution >= 0.6 is 11.6 Å². The first-order chi connectivity index (χ1) is 18.6. The lowest BCUT2D eigenvalue weighted by Gasteiger charge is -2.33. The van der Waals surface area contributed by atoms with Crippen molar-refractivity contribution in [3.63, 3.8) is 0 Å². The normalized spacial score (nSPS) is 18.6. The van der Waals surface area contributed by atoms with Crippen molar-refractivity contribution < 1.29 is 50.5 Å². The summed E-state index contributed by atoms with van der Waals surface area (Å²) in [6.07, 6.45) is -6.17. The van der Waals surface area contributed by atoms with Crippen LogP contribution in [-0.2, 0) is 11.8 Å². The maximum absolute atomic E-state index is 14.9. The third-order valence-electron chi connectivity index (χ3n) is 6.42. The van der Waals surface area contributed by atoms with Crippen molar-refractivity contribution in [3.05, 3.63) is 93.5 Å². The van der Waals surface area contributed by atoms with Crippen LogP contribution in [0.5, 0.6) is 0 Å². The van der Waals surface area contributed by atoms with Crippen molar-refractivity contribution in [1.29, 1.82) is 0 Å². The van der Waals surface area contributed by atoms with Crippen LogP contribution in [0.2, 0.25) is 5.02 Å². The molecule has 2 amide bonds. The van der Waals surface area contributed by atoms with Gasteiger partial charge in [-0.3, -0.25) is 9.59 Å². The minimum Gasteiger partial charge on any atom is -0.393 e. The number of aliphatic hydroxyl groups is 2. The van der Waals surface area contributed by atoms with E-state index in [1.54, 1.807) is 0 Å². The summed E-state index contributed by atoms with van der Waals surface area (Å²) in [7, 11) is 0. The van der Waals surface area contributed by atoms with Gasteiger partial charge in [0.05, 0.1) is 29.1 Å². The molecule has 0 aromatic heterocycles. The fourth-order valence-electron chi connectivity index (χ4n) is 4.31. The standard InChI is InChI=1S/C26H18ClF7N2O4/c27-14-2-6-21-18(10-14)24(40,12-37)25(30,31)7-8-36(21)23(39)13-1-5-20(19(29)9-13)35-22(38)16-4-3-15(28)11-17(16)26(32,33)34/h1-6,9-11,37,40H,7-8,12H2,(H,35,38)/t24-/m0/s1. The molecule has 0 fully saturated rings. The molecule has 0 saturated carbocycles. The van der Waals surface area contributed by atoms with E-state index in [9.17, 15) is 50.5 Å². The summed E-state index contributed by atoms with van der Waals surface area (Å²) in [5, 5.41) is 22.2. The van der Waals surface area contributed by atoms with E-state index in [2.05, 4.69) is 0 Å². The van der Waals surface area contributed by atoms with Gasteiger partial charge in [0.25, 0.3) is 17.7 Å². The summed E-state index contributed by atoms with van der Waals surface area (Å²) in [4.78, 5) is 26.6. The average molecular weight is 591 g/mol. The number of halogens is 8. The van der Waals surface area contributed by atoms with Gasteiger partial charge in [-0.2, -0.15) is 13.2 Å². The molecule has 0 bridgehead atoms. The highest BCUT2D eigenvalue weighted by Crippen LogP contribution is 2.47. The second-order valence-electron chi connectivity index (χ2n) is 8.93. The van der Waals surface area contributed by atoms with Crippen molar-refractivity contribution in [3.8, 4) is 0 Å². The highest BCUT2D eigenvalue weighted by molar-refractivity contribution is 6.30. The summed E-state index contributed by atoms with van der Waals surface area (Å²) < 4.78 is 97.8. The van der Waals surface area contributed by atoms with E-state index in [1.165, 1.54) is 12.1 Å². The molecule has 14 heteroatoms. The first kappa shape index (κ1) is 29.3. The SMILES string of the molecule is O=C(Nc1ccc(C(=O)N2CCC(F)(F)[C@](O)(CO)c3cc(Cl)ccc32)cc1F)c1ccc(F)cc1C(F)(F)F. The zero-order valence-electron chi connectivity index (χ0n) is 20.0. The number of rotatable bonds is 4. The van der Waals surface area contributed by atoms with E-state index in [4.69, 9.17) is 11.6 Å². The molecule has 6 nitrogen and oxygen atoms in total. The molecule has 1 atom stereocenters. The molecule has 0 radical (unpaired) electrons. The number of alkyl halides is 5. The van der Waals surface area contributed by atoms with Crippen LogP contribution < -0.4 is 10.2 Å². The van der Waals surface area contributed by atoms with Crippen LogP contribution in [0, 0.1) is 11.6 Å². The van der Waals surface area contributed by atoms with E-state index in [1.807, 2.05) is 5.32 Å². The molecule has 0 aliphatic carbocycles. The number of aliphatic hydroxyl groups excluding tert-OH is 1. The average Bonchev–Trinajstić information content (AvgIpc) is 2.96. The van der Waals surface area contributed by atoms with E-state index in [0.717, 1.165) is 23.1 Å². The van der Waals surface area contributed by atoms with Gasteiger partial charge in [0.1, 0.15) is 11.6 Å². The number of benzene rings is 3. The lowest BCUT2D eigenvalue weighted by atomic mass is 9.86. The zero-order valence-corrected chi connectivity index (χ0v) is 20.8. The van der Waals surface area contributed by atoms with E-state index in [0.29, 0.717) is 18.2 Å². The predicted molar refractivity (Wildman–Crippen MR) is 129 cm³/mol. The van der Waals surface area contributed by atoms with Crippen LogP contribution in [0.1, 0.15) is 38.3 Å². The number of hydrogen-bond acceptors (Lipinski definition) is 4. The Balaban J connectivity index is 1.66. The molecule has 3 aromatic carbocycles. The second kappa shape index (κ2) is 10.4. The maximum atomic E-state index is 14.9. The van der Waals surface area contributed by atoms with Gasteiger partial charge in [0, 0.05) is 29.1 Å². The van der Waals surface area contributed by atoms with Crippen LogP contribution in [0.3, 0.4) is 0 Å². The Morgan fingerprint density at radius 3 is 2.35 bits per heavy atom. The zero-order chi connectivity index (χ0) is 29.6. The molecule has 1 aliphatic rings. The molecule has 0 saturated heterocycles. The fraction of sp³-hybridized carbons (Fsp3) is 0.231. The van der Waals surface area contributed by atoms with Gasteiger partial charge in [0.15, 0.2) is 5.60 Å². The molecule has 1 aliphatic heterocycles. The number of anilines is 2. The minimum absolute atomic E-state index is 0.0725. The fourth-order valence-corrected chi connectivity index (χ4v) is 4.48. The molecule has 3 aromatic rings. The Morgan fingerprint density at radius 2 is 1.73 bits per heavy atom. The Labute approximate surface area is 226 Å².